The zero-order valence-corrected chi connectivity index (χ0v) is 15.2. The maximum Gasteiger partial charge on any atom is 0.278 e. The molecule has 0 radical (unpaired) electrons. The molecule has 4 rings (SSSR count). The van der Waals surface area contributed by atoms with Crippen LogP contribution in [0.25, 0.3) is 0 Å². The van der Waals surface area contributed by atoms with E-state index in [1.165, 1.54) is 6.20 Å². The largest absolute Gasteiger partial charge is 0.382 e. The summed E-state index contributed by atoms with van der Waals surface area (Å²) in [5.74, 6) is -3.46. The lowest BCUT2D eigenvalue weighted by molar-refractivity contribution is -0.123. The third-order valence-corrected chi connectivity index (χ3v) is 6.78. The summed E-state index contributed by atoms with van der Waals surface area (Å²) in [5, 5.41) is 10.2. The quantitative estimate of drug-likeness (QED) is 0.859. The van der Waals surface area contributed by atoms with Crippen LogP contribution in [-0.2, 0) is 22.7 Å². The molecule has 5 nitrogen and oxygen atoms in total. The van der Waals surface area contributed by atoms with Gasteiger partial charge < -0.3 is 9.67 Å². The van der Waals surface area contributed by atoms with Crippen molar-refractivity contribution in [3.05, 3.63) is 47.0 Å². The summed E-state index contributed by atoms with van der Waals surface area (Å²) >= 11 is 0. The maximum atomic E-state index is 14.1. The summed E-state index contributed by atoms with van der Waals surface area (Å²) in [5.41, 5.74) is 1.74. The van der Waals surface area contributed by atoms with Crippen molar-refractivity contribution in [2.24, 2.45) is 0 Å². The van der Waals surface area contributed by atoms with E-state index in [1.807, 2.05) is 12.1 Å². The molecule has 2 aliphatic rings. The minimum absolute atomic E-state index is 0.0974. The van der Waals surface area contributed by atoms with Gasteiger partial charge in [-0.25, -0.2) is 21.6 Å². The third-order valence-electron chi connectivity index (χ3n) is 5.49. The van der Waals surface area contributed by atoms with Crippen molar-refractivity contribution in [3.63, 3.8) is 0 Å². The molecule has 146 valence electrons. The third kappa shape index (κ3) is 2.87. The van der Waals surface area contributed by atoms with Gasteiger partial charge in [-0.3, -0.25) is 4.98 Å². The standard InChI is InChI=1S/C18H19F3N2O3S/c19-10-27(25,26)14-9-23(12-6-7-18(20,21)17(24)15(12)14)13-5-1-3-11-4-2-8-22-16(11)13/h2,4,8-9,13,17,24H,1,3,5-7,10H2. The number of halogens is 3. The van der Waals surface area contributed by atoms with Crippen LogP contribution in [0.5, 0.6) is 0 Å². The van der Waals surface area contributed by atoms with Crippen LogP contribution in [0.3, 0.4) is 0 Å². The van der Waals surface area contributed by atoms with Gasteiger partial charge in [-0.1, -0.05) is 6.07 Å². The fourth-order valence-electron chi connectivity index (χ4n) is 4.18. The first-order valence-electron chi connectivity index (χ1n) is 8.78. The highest BCUT2D eigenvalue weighted by Crippen LogP contribution is 2.47. The van der Waals surface area contributed by atoms with Crippen molar-refractivity contribution < 1.29 is 26.7 Å². The molecule has 0 amide bonds. The van der Waals surface area contributed by atoms with Crippen LogP contribution in [0.1, 0.15) is 53.9 Å². The zero-order valence-electron chi connectivity index (χ0n) is 14.4. The van der Waals surface area contributed by atoms with Crippen molar-refractivity contribution in [2.75, 3.05) is 6.01 Å². The minimum atomic E-state index is -4.42. The molecule has 2 aromatic rings. The van der Waals surface area contributed by atoms with Gasteiger partial charge in [-0.15, -0.1) is 0 Å². The van der Waals surface area contributed by atoms with Gasteiger partial charge in [0.25, 0.3) is 5.92 Å². The molecule has 0 saturated carbocycles. The Morgan fingerprint density at radius 2 is 2.11 bits per heavy atom. The van der Waals surface area contributed by atoms with Crippen molar-refractivity contribution in [3.8, 4) is 0 Å². The lowest BCUT2D eigenvalue weighted by atomic mass is 9.89. The van der Waals surface area contributed by atoms with Gasteiger partial charge >= 0.3 is 0 Å². The maximum absolute atomic E-state index is 14.1. The van der Waals surface area contributed by atoms with Crippen LogP contribution < -0.4 is 0 Å². The molecule has 0 bridgehead atoms. The average molecular weight is 400 g/mol. The molecule has 0 aliphatic heterocycles. The lowest BCUT2D eigenvalue weighted by Gasteiger charge is -2.32. The highest BCUT2D eigenvalue weighted by atomic mass is 32.2. The van der Waals surface area contributed by atoms with Gasteiger partial charge in [0.05, 0.1) is 16.6 Å². The van der Waals surface area contributed by atoms with Crippen molar-refractivity contribution >= 4 is 9.84 Å². The van der Waals surface area contributed by atoms with Gasteiger partial charge in [0.15, 0.2) is 6.01 Å². The second-order valence-corrected chi connectivity index (χ2v) is 8.99. The highest BCUT2D eigenvalue weighted by molar-refractivity contribution is 7.91. The predicted octanol–water partition coefficient (Wildman–Crippen LogP) is 3.12. The number of rotatable bonds is 3. The number of alkyl halides is 3. The number of aryl methyl sites for hydroxylation is 1. The second kappa shape index (κ2) is 6.34. The summed E-state index contributed by atoms with van der Waals surface area (Å²) in [6.45, 7) is 0. The van der Waals surface area contributed by atoms with Gasteiger partial charge in [-0.05, 0) is 37.3 Å². The zero-order chi connectivity index (χ0) is 19.4. The number of hydrogen-bond acceptors (Lipinski definition) is 4. The lowest BCUT2D eigenvalue weighted by Crippen LogP contribution is -2.33. The van der Waals surface area contributed by atoms with E-state index in [0.29, 0.717) is 12.1 Å². The first kappa shape index (κ1) is 18.5. The normalized spacial score (nSPS) is 24.3. The van der Waals surface area contributed by atoms with E-state index < -0.39 is 39.2 Å². The molecule has 0 aromatic carbocycles. The van der Waals surface area contributed by atoms with Crippen LogP contribution >= 0.6 is 0 Å². The summed E-state index contributed by atoms with van der Waals surface area (Å²) in [6.07, 6.45) is 2.20. The Kier molecular flexibility index (Phi) is 4.34. The number of hydrogen-bond donors (Lipinski definition) is 1. The number of fused-ring (bicyclic) bond motifs is 2. The van der Waals surface area contributed by atoms with E-state index in [2.05, 4.69) is 4.98 Å². The summed E-state index contributed by atoms with van der Waals surface area (Å²) in [4.78, 5) is 3.86. The van der Waals surface area contributed by atoms with Crippen LogP contribution in [0, 0.1) is 0 Å². The molecule has 1 N–H and O–H groups in total. The van der Waals surface area contributed by atoms with E-state index in [0.717, 1.165) is 24.1 Å². The first-order valence-corrected chi connectivity index (χ1v) is 10.4. The molecule has 0 spiro atoms. The van der Waals surface area contributed by atoms with E-state index in [9.17, 15) is 26.7 Å². The molecule has 2 aliphatic carbocycles. The Balaban J connectivity index is 1.93. The van der Waals surface area contributed by atoms with Gasteiger partial charge in [-0.2, -0.15) is 0 Å². The van der Waals surface area contributed by atoms with Crippen LogP contribution in [0.2, 0.25) is 0 Å². The molecule has 2 heterocycles. The second-order valence-electron chi connectivity index (χ2n) is 7.10. The van der Waals surface area contributed by atoms with E-state index in [4.69, 9.17) is 0 Å². The Bertz CT molecular complexity index is 988. The summed E-state index contributed by atoms with van der Waals surface area (Å²) in [7, 11) is -4.42. The SMILES string of the molecule is O=S(=O)(CF)c1cn(C2CCCc3cccnc32)c2c1C(O)C(F)(F)CC2. The van der Waals surface area contributed by atoms with Gasteiger partial charge in [0.1, 0.15) is 6.10 Å². The molecular formula is C18H19F3N2O3S. The molecule has 2 unspecified atom stereocenters. The Labute approximate surface area is 154 Å². The number of aromatic nitrogens is 2. The van der Waals surface area contributed by atoms with E-state index in [1.54, 1.807) is 10.8 Å². The van der Waals surface area contributed by atoms with Crippen LogP contribution in [0.4, 0.5) is 13.2 Å². The summed E-state index contributed by atoms with van der Waals surface area (Å²) in [6, 6.07) is 1.72. The van der Waals surface area contributed by atoms with E-state index >= 15 is 0 Å². The number of aliphatic hydroxyl groups excluding tert-OH is 1. The van der Waals surface area contributed by atoms with Crippen molar-refractivity contribution in [1.29, 1.82) is 0 Å². The Morgan fingerprint density at radius 3 is 2.85 bits per heavy atom. The molecule has 0 fully saturated rings. The number of nitrogens with zero attached hydrogens (tertiary/aromatic N) is 2. The first-order chi connectivity index (χ1) is 12.8. The van der Waals surface area contributed by atoms with Crippen LogP contribution in [0.15, 0.2) is 29.4 Å². The topological polar surface area (TPSA) is 72.2 Å². The Morgan fingerprint density at radius 1 is 1.33 bits per heavy atom. The summed E-state index contributed by atoms with van der Waals surface area (Å²) < 4.78 is 67.4. The highest BCUT2D eigenvalue weighted by Gasteiger charge is 2.48. The molecule has 2 aromatic heterocycles. The number of aliphatic hydroxyl groups is 1. The predicted molar refractivity (Wildman–Crippen MR) is 91.1 cm³/mol. The number of sulfone groups is 1. The molecule has 9 heteroatoms. The minimum Gasteiger partial charge on any atom is -0.382 e. The van der Waals surface area contributed by atoms with Crippen molar-refractivity contribution in [1.82, 2.24) is 9.55 Å². The fraction of sp³-hybridized carbons (Fsp3) is 0.500. The fourth-order valence-corrected chi connectivity index (χ4v) is 5.14. The van der Waals surface area contributed by atoms with Gasteiger partial charge in [0, 0.05) is 30.1 Å². The van der Waals surface area contributed by atoms with Crippen molar-refractivity contribution in [2.45, 2.75) is 55.1 Å². The molecule has 2 atom stereocenters. The van der Waals surface area contributed by atoms with Crippen LogP contribution in [-0.4, -0.2) is 35.0 Å². The van der Waals surface area contributed by atoms with E-state index in [-0.39, 0.29) is 18.0 Å². The smallest absolute Gasteiger partial charge is 0.278 e. The monoisotopic (exact) mass is 400 g/mol. The molecule has 0 saturated heterocycles. The average Bonchev–Trinajstić information content (AvgIpc) is 3.05. The molecule has 27 heavy (non-hydrogen) atoms. The number of pyridine rings is 1. The molecular weight excluding hydrogens is 381 g/mol. The Hall–Kier alpha value is -1.87. The van der Waals surface area contributed by atoms with Gasteiger partial charge in [0.2, 0.25) is 9.84 Å².